The fourth-order valence-corrected chi connectivity index (χ4v) is 4.37. The number of fused-ring (bicyclic) bond motifs is 3. The molecule has 0 fully saturated rings. The second kappa shape index (κ2) is 5.25. The molecule has 3 aromatic rings. The van der Waals surface area contributed by atoms with E-state index in [-0.39, 0.29) is 5.75 Å². The van der Waals surface area contributed by atoms with Crippen molar-refractivity contribution in [3.8, 4) is 5.75 Å². The summed E-state index contributed by atoms with van der Waals surface area (Å²) >= 11 is 1.79. The van der Waals surface area contributed by atoms with Gasteiger partial charge >= 0.3 is 0 Å². The maximum Gasteiger partial charge on any atom is 0.143 e. The molecular weight excluding hydrogens is 294 g/mol. The molecular formula is C17H17N3OS. The molecule has 0 amide bonds. The van der Waals surface area contributed by atoms with Crippen molar-refractivity contribution in [2.45, 2.75) is 32.6 Å². The highest BCUT2D eigenvalue weighted by molar-refractivity contribution is 7.19. The lowest BCUT2D eigenvalue weighted by atomic mass is 9.97. The highest BCUT2D eigenvalue weighted by atomic mass is 32.1. The molecule has 0 aliphatic heterocycles. The summed E-state index contributed by atoms with van der Waals surface area (Å²) in [7, 11) is 0. The fraction of sp³-hybridized carbons (Fsp3) is 0.294. The van der Waals surface area contributed by atoms with Crippen LogP contribution in [0.15, 0.2) is 24.3 Å². The van der Waals surface area contributed by atoms with Crippen LogP contribution < -0.4 is 5.32 Å². The molecule has 0 spiro atoms. The van der Waals surface area contributed by atoms with E-state index in [4.69, 9.17) is 0 Å². The Morgan fingerprint density at radius 3 is 2.82 bits per heavy atom. The van der Waals surface area contributed by atoms with Gasteiger partial charge in [0.05, 0.1) is 11.1 Å². The highest BCUT2D eigenvalue weighted by Crippen LogP contribution is 2.40. The van der Waals surface area contributed by atoms with Gasteiger partial charge < -0.3 is 10.4 Å². The molecule has 2 aromatic heterocycles. The van der Waals surface area contributed by atoms with Crippen LogP contribution in [0.5, 0.6) is 5.75 Å². The molecule has 0 atom stereocenters. The lowest BCUT2D eigenvalue weighted by molar-refractivity contribution is 0.477. The van der Waals surface area contributed by atoms with Crippen molar-refractivity contribution in [1.29, 1.82) is 0 Å². The van der Waals surface area contributed by atoms with E-state index in [1.165, 1.54) is 23.3 Å². The summed E-state index contributed by atoms with van der Waals surface area (Å²) < 4.78 is 0. The minimum Gasteiger partial charge on any atom is -0.506 e. The molecule has 0 saturated heterocycles. The predicted octanol–water partition coefficient (Wildman–Crippen LogP) is 4.33. The Morgan fingerprint density at radius 1 is 1.14 bits per heavy atom. The fourth-order valence-electron chi connectivity index (χ4n) is 3.06. The van der Waals surface area contributed by atoms with Gasteiger partial charge in [-0.25, -0.2) is 9.97 Å². The van der Waals surface area contributed by atoms with E-state index in [0.717, 1.165) is 34.7 Å². The van der Waals surface area contributed by atoms with E-state index in [1.54, 1.807) is 17.4 Å². The average Bonchev–Trinajstić information content (AvgIpc) is 2.87. The van der Waals surface area contributed by atoms with Crippen molar-refractivity contribution >= 4 is 33.1 Å². The Kier molecular flexibility index (Phi) is 3.22. The molecule has 2 heterocycles. The molecule has 1 aromatic carbocycles. The maximum atomic E-state index is 10.00. The number of nitrogens with zero attached hydrogens (tertiary/aromatic N) is 2. The number of para-hydroxylation sites is 2. The number of hydrogen-bond acceptors (Lipinski definition) is 5. The number of thiophene rings is 1. The first kappa shape index (κ1) is 13.5. The van der Waals surface area contributed by atoms with E-state index >= 15 is 0 Å². The van der Waals surface area contributed by atoms with E-state index in [0.29, 0.717) is 5.69 Å². The summed E-state index contributed by atoms with van der Waals surface area (Å²) in [6, 6.07) is 7.25. The number of aryl methyl sites for hydroxylation is 3. The summed E-state index contributed by atoms with van der Waals surface area (Å²) in [4.78, 5) is 11.7. The van der Waals surface area contributed by atoms with Gasteiger partial charge in [0.2, 0.25) is 0 Å². The second-order valence-electron chi connectivity index (χ2n) is 5.65. The smallest absolute Gasteiger partial charge is 0.143 e. The van der Waals surface area contributed by atoms with Gasteiger partial charge in [-0.2, -0.15) is 0 Å². The first-order valence-corrected chi connectivity index (χ1v) is 8.38. The molecule has 1 aliphatic carbocycles. The number of hydrogen-bond donors (Lipinski definition) is 2. The zero-order valence-electron chi connectivity index (χ0n) is 12.4. The van der Waals surface area contributed by atoms with Gasteiger partial charge in [0.1, 0.15) is 22.2 Å². The van der Waals surface area contributed by atoms with Crippen LogP contribution in [0.3, 0.4) is 0 Å². The number of phenolic OH excluding ortho intramolecular Hbond substituents is 1. The summed E-state index contributed by atoms with van der Waals surface area (Å²) in [6.45, 7) is 1.91. The SMILES string of the molecule is Cc1nc(Nc2ccccc2O)c2c3c(sc2n1)CCCC3. The number of aromatic hydroxyl groups is 1. The molecule has 1 aliphatic rings. The van der Waals surface area contributed by atoms with Crippen LogP contribution in [-0.4, -0.2) is 15.1 Å². The second-order valence-corrected chi connectivity index (χ2v) is 6.74. The number of nitrogens with one attached hydrogen (secondary N) is 1. The normalized spacial score (nSPS) is 14.0. The summed E-state index contributed by atoms with van der Waals surface area (Å²) in [6.07, 6.45) is 4.72. The molecule has 112 valence electrons. The first-order valence-electron chi connectivity index (χ1n) is 7.56. The van der Waals surface area contributed by atoms with E-state index in [9.17, 15) is 5.11 Å². The molecule has 2 N–H and O–H groups in total. The Morgan fingerprint density at radius 2 is 1.95 bits per heavy atom. The van der Waals surface area contributed by atoms with Gasteiger partial charge in [-0.05, 0) is 50.3 Å². The molecule has 4 rings (SSSR count). The zero-order chi connectivity index (χ0) is 15.1. The lowest BCUT2D eigenvalue weighted by Gasteiger charge is -2.13. The average molecular weight is 311 g/mol. The Hall–Kier alpha value is -2.14. The maximum absolute atomic E-state index is 10.00. The third kappa shape index (κ3) is 2.22. The van der Waals surface area contributed by atoms with Crippen molar-refractivity contribution in [1.82, 2.24) is 9.97 Å². The molecule has 0 unspecified atom stereocenters. The standard InChI is InChI=1S/C17H17N3OS/c1-10-18-16(20-12-7-3-4-8-13(12)21)15-11-6-2-5-9-14(11)22-17(15)19-10/h3-4,7-8,21H,2,5-6,9H2,1H3,(H,18,19,20). The highest BCUT2D eigenvalue weighted by Gasteiger charge is 2.21. The zero-order valence-corrected chi connectivity index (χ0v) is 13.2. The van der Waals surface area contributed by atoms with Crippen LogP contribution in [0.2, 0.25) is 0 Å². The Bertz CT molecular complexity index is 856. The molecule has 0 radical (unpaired) electrons. The van der Waals surface area contributed by atoms with Crippen molar-refractivity contribution in [2.24, 2.45) is 0 Å². The summed E-state index contributed by atoms with van der Waals surface area (Å²) in [5, 5.41) is 14.4. The van der Waals surface area contributed by atoms with E-state index in [2.05, 4.69) is 15.3 Å². The quantitative estimate of drug-likeness (QED) is 0.692. The molecule has 22 heavy (non-hydrogen) atoms. The van der Waals surface area contributed by atoms with Gasteiger partial charge in [-0.1, -0.05) is 12.1 Å². The van der Waals surface area contributed by atoms with Crippen LogP contribution in [0, 0.1) is 6.92 Å². The molecule has 0 saturated carbocycles. The third-order valence-corrected chi connectivity index (χ3v) is 5.27. The summed E-state index contributed by atoms with van der Waals surface area (Å²) in [5.74, 6) is 1.79. The van der Waals surface area contributed by atoms with Crippen molar-refractivity contribution in [2.75, 3.05) is 5.32 Å². The van der Waals surface area contributed by atoms with Crippen LogP contribution in [0.25, 0.3) is 10.2 Å². The number of anilines is 2. The third-order valence-electron chi connectivity index (χ3n) is 4.08. The topological polar surface area (TPSA) is 58.0 Å². The lowest BCUT2D eigenvalue weighted by Crippen LogP contribution is -2.02. The van der Waals surface area contributed by atoms with Crippen molar-refractivity contribution in [3.05, 3.63) is 40.5 Å². The Labute approximate surface area is 132 Å². The number of benzene rings is 1. The Balaban J connectivity index is 1.89. The molecule has 5 heteroatoms. The van der Waals surface area contributed by atoms with Crippen LogP contribution in [-0.2, 0) is 12.8 Å². The van der Waals surface area contributed by atoms with Gasteiger partial charge in [-0.15, -0.1) is 11.3 Å². The van der Waals surface area contributed by atoms with Gasteiger partial charge in [0, 0.05) is 4.88 Å². The first-order chi connectivity index (χ1) is 10.7. The van der Waals surface area contributed by atoms with Crippen LogP contribution >= 0.6 is 11.3 Å². The number of rotatable bonds is 2. The molecule has 0 bridgehead atoms. The van der Waals surface area contributed by atoms with Gasteiger partial charge in [0.25, 0.3) is 0 Å². The minimum absolute atomic E-state index is 0.232. The van der Waals surface area contributed by atoms with Crippen molar-refractivity contribution < 1.29 is 5.11 Å². The minimum atomic E-state index is 0.232. The van der Waals surface area contributed by atoms with Crippen molar-refractivity contribution in [3.63, 3.8) is 0 Å². The number of aromatic nitrogens is 2. The van der Waals surface area contributed by atoms with E-state index < -0.39 is 0 Å². The van der Waals surface area contributed by atoms with Crippen LogP contribution in [0.4, 0.5) is 11.5 Å². The van der Waals surface area contributed by atoms with E-state index in [1.807, 2.05) is 25.1 Å². The van der Waals surface area contributed by atoms with Crippen LogP contribution in [0.1, 0.15) is 29.1 Å². The largest absolute Gasteiger partial charge is 0.506 e. The van der Waals surface area contributed by atoms with Gasteiger partial charge in [-0.3, -0.25) is 0 Å². The monoisotopic (exact) mass is 311 g/mol. The summed E-state index contributed by atoms with van der Waals surface area (Å²) in [5.41, 5.74) is 2.07. The van der Waals surface area contributed by atoms with Gasteiger partial charge in [0.15, 0.2) is 0 Å². The number of phenols is 1. The molecule has 4 nitrogen and oxygen atoms in total. The predicted molar refractivity (Wildman–Crippen MR) is 90.2 cm³/mol.